The lowest BCUT2D eigenvalue weighted by Gasteiger charge is -2.22. The maximum atomic E-state index is 13.1. The van der Waals surface area contributed by atoms with E-state index in [4.69, 9.17) is 16.3 Å². The molecule has 3 aromatic carbocycles. The van der Waals surface area contributed by atoms with Crippen molar-refractivity contribution in [2.75, 3.05) is 6.54 Å². The van der Waals surface area contributed by atoms with Gasteiger partial charge in [0.15, 0.2) is 0 Å². The number of nitrogens with zero attached hydrogens (tertiary/aromatic N) is 3. The van der Waals surface area contributed by atoms with Crippen LogP contribution in [0.25, 0.3) is 0 Å². The number of nitro groups is 1. The molecule has 1 saturated heterocycles. The van der Waals surface area contributed by atoms with Gasteiger partial charge in [0.05, 0.1) is 16.0 Å². The second kappa shape index (κ2) is 11.5. The molecule has 12 heteroatoms. The van der Waals surface area contributed by atoms with E-state index in [1.54, 1.807) is 36.4 Å². The summed E-state index contributed by atoms with van der Waals surface area (Å²) in [6.07, 6.45) is 2.34. The number of sulfonamides is 1. The summed E-state index contributed by atoms with van der Waals surface area (Å²) in [5.74, 6) is -0.0396. The minimum absolute atomic E-state index is 0.00572. The normalized spacial score (nSPS) is 16.1. The highest BCUT2D eigenvalue weighted by Crippen LogP contribution is 2.27. The molecule has 0 radical (unpaired) electrons. The Kier molecular flexibility index (Phi) is 8.17. The average molecular weight is 543 g/mol. The zero-order valence-electron chi connectivity index (χ0n) is 19.5. The van der Waals surface area contributed by atoms with Crippen molar-refractivity contribution in [2.24, 2.45) is 5.10 Å². The van der Waals surface area contributed by atoms with Gasteiger partial charge in [-0.25, -0.2) is 13.8 Å². The Labute approximate surface area is 218 Å². The van der Waals surface area contributed by atoms with Crippen molar-refractivity contribution in [3.8, 4) is 5.75 Å². The van der Waals surface area contributed by atoms with E-state index in [-0.39, 0.29) is 23.7 Å². The van der Waals surface area contributed by atoms with Gasteiger partial charge < -0.3 is 4.74 Å². The molecule has 1 heterocycles. The molecule has 0 aromatic heterocycles. The molecule has 0 bridgehead atoms. The van der Waals surface area contributed by atoms with Gasteiger partial charge in [0.25, 0.3) is 11.6 Å². The third-order valence-electron chi connectivity index (χ3n) is 5.77. The van der Waals surface area contributed by atoms with Gasteiger partial charge in [0, 0.05) is 29.3 Å². The van der Waals surface area contributed by atoms with Crippen molar-refractivity contribution in [1.29, 1.82) is 0 Å². The van der Waals surface area contributed by atoms with Crippen molar-refractivity contribution in [2.45, 2.75) is 30.4 Å². The van der Waals surface area contributed by atoms with Crippen LogP contribution in [0.5, 0.6) is 5.75 Å². The summed E-state index contributed by atoms with van der Waals surface area (Å²) in [6.45, 7) is 0.404. The number of hydrogen-bond acceptors (Lipinski definition) is 7. The minimum atomic E-state index is -3.87. The Morgan fingerprint density at radius 2 is 1.84 bits per heavy atom. The number of carbonyl (C=O) groups excluding carboxylic acids is 1. The van der Waals surface area contributed by atoms with Crippen LogP contribution < -0.4 is 10.2 Å². The minimum Gasteiger partial charge on any atom is -0.488 e. The molecule has 0 aliphatic carbocycles. The first-order valence-electron chi connectivity index (χ1n) is 11.3. The highest BCUT2D eigenvalue weighted by molar-refractivity contribution is 7.89. The molecule has 192 valence electrons. The molecule has 1 atom stereocenters. The third-order valence-corrected chi connectivity index (χ3v) is 7.94. The Morgan fingerprint density at radius 1 is 1.14 bits per heavy atom. The number of hydrazone groups is 1. The monoisotopic (exact) mass is 542 g/mol. The second-order valence-corrected chi connectivity index (χ2v) is 10.5. The summed E-state index contributed by atoms with van der Waals surface area (Å²) < 4.78 is 33.1. The maximum Gasteiger partial charge on any atom is 0.269 e. The predicted octanol–water partition coefficient (Wildman–Crippen LogP) is 4.13. The van der Waals surface area contributed by atoms with Crippen LogP contribution in [0.3, 0.4) is 0 Å². The van der Waals surface area contributed by atoms with Crippen LogP contribution in [0.15, 0.2) is 82.8 Å². The number of halogens is 1. The van der Waals surface area contributed by atoms with E-state index in [2.05, 4.69) is 10.5 Å². The van der Waals surface area contributed by atoms with Gasteiger partial charge in [-0.3, -0.25) is 14.9 Å². The fourth-order valence-electron chi connectivity index (χ4n) is 3.87. The Morgan fingerprint density at radius 3 is 2.54 bits per heavy atom. The number of nitrogens with one attached hydrogen (secondary N) is 1. The number of hydrogen-bond donors (Lipinski definition) is 1. The van der Waals surface area contributed by atoms with Gasteiger partial charge in [-0.2, -0.15) is 9.41 Å². The van der Waals surface area contributed by atoms with Crippen LogP contribution in [-0.2, 0) is 21.4 Å². The first kappa shape index (κ1) is 26.3. The van der Waals surface area contributed by atoms with Crippen LogP contribution in [0.2, 0.25) is 5.02 Å². The van der Waals surface area contributed by atoms with Gasteiger partial charge in [-0.05, 0) is 66.9 Å². The number of rotatable bonds is 9. The lowest BCUT2D eigenvalue weighted by atomic mass is 10.2. The number of amides is 1. The summed E-state index contributed by atoms with van der Waals surface area (Å²) in [5, 5.41) is 15.2. The number of ether oxygens (including phenoxy) is 1. The highest BCUT2D eigenvalue weighted by atomic mass is 35.5. The van der Waals surface area contributed by atoms with Crippen LogP contribution in [0.1, 0.15) is 24.0 Å². The topological polar surface area (TPSA) is 131 Å². The zero-order chi connectivity index (χ0) is 26.4. The lowest BCUT2D eigenvalue weighted by Crippen LogP contribution is -2.44. The van der Waals surface area contributed by atoms with Crippen LogP contribution in [0, 0.1) is 10.1 Å². The van der Waals surface area contributed by atoms with Gasteiger partial charge in [0.2, 0.25) is 10.0 Å². The summed E-state index contributed by atoms with van der Waals surface area (Å²) in [6, 6.07) is 18.0. The molecular formula is C25H23ClN4O6S. The molecule has 1 fully saturated rings. The Bertz CT molecular complexity index is 1410. The summed E-state index contributed by atoms with van der Waals surface area (Å²) in [5.41, 5.74) is 3.76. The lowest BCUT2D eigenvalue weighted by molar-refractivity contribution is -0.384. The smallest absolute Gasteiger partial charge is 0.269 e. The van der Waals surface area contributed by atoms with Crippen molar-refractivity contribution in [3.63, 3.8) is 0 Å². The number of carbonyl (C=O) groups is 1. The highest BCUT2D eigenvalue weighted by Gasteiger charge is 2.39. The van der Waals surface area contributed by atoms with Crippen LogP contribution >= 0.6 is 11.6 Å². The van der Waals surface area contributed by atoms with E-state index in [9.17, 15) is 23.3 Å². The van der Waals surface area contributed by atoms with Gasteiger partial charge in [-0.15, -0.1) is 0 Å². The van der Waals surface area contributed by atoms with Crippen LogP contribution in [-0.4, -0.2) is 42.4 Å². The molecular weight excluding hydrogens is 520 g/mol. The standard InChI is InChI=1S/C25H23ClN4O6S/c26-20-9-13-22(14-10-20)37(34,35)29-15-3-5-23(29)25(31)28-27-16-19-4-1-2-6-24(19)36-17-18-7-11-21(12-8-18)30(32)33/h1-2,4,6-14,16,23H,3,5,15,17H2,(H,28,31)/b27-16-/t23-/m1/s1. The van der Waals surface area contributed by atoms with E-state index in [0.29, 0.717) is 29.2 Å². The molecule has 0 unspecified atom stereocenters. The second-order valence-electron chi connectivity index (χ2n) is 8.21. The zero-order valence-corrected chi connectivity index (χ0v) is 21.1. The number of benzene rings is 3. The van der Waals surface area contributed by atoms with E-state index in [0.717, 1.165) is 5.56 Å². The molecule has 1 aliphatic rings. The van der Waals surface area contributed by atoms with Crippen molar-refractivity contribution in [1.82, 2.24) is 9.73 Å². The van der Waals surface area contributed by atoms with E-state index < -0.39 is 26.9 Å². The third kappa shape index (κ3) is 6.31. The number of non-ortho nitro benzene ring substituents is 1. The van der Waals surface area contributed by atoms with Crippen molar-refractivity contribution >= 4 is 39.4 Å². The average Bonchev–Trinajstić information content (AvgIpc) is 3.40. The molecule has 0 saturated carbocycles. The Balaban J connectivity index is 1.39. The summed E-state index contributed by atoms with van der Waals surface area (Å²) in [4.78, 5) is 23.2. The molecule has 0 spiro atoms. The van der Waals surface area contributed by atoms with E-state index in [1.807, 2.05) is 0 Å². The predicted molar refractivity (Wildman–Crippen MR) is 138 cm³/mol. The fourth-order valence-corrected chi connectivity index (χ4v) is 5.65. The largest absolute Gasteiger partial charge is 0.488 e. The first-order chi connectivity index (χ1) is 17.8. The number of para-hydroxylation sites is 1. The molecule has 4 rings (SSSR count). The molecule has 37 heavy (non-hydrogen) atoms. The first-order valence-corrected chi connectivity index (χ1v) is 13.1. The fraction of sp³-hybridized carbons (Fsp3) is 0.200. The molecule has 3 aromatic rings. The summed E-state index contributed by atoms with van der Waals surface area (Å²) >= 11 is 5.87. The molecule has 1 amide bonds. The van der Waals surface area contributed by atoms with Gasteiger partial charge >= 0.3 is 0 Å². The van der Waals surface area contributed by atoms with Crippen molar-refractivity contribution < 1.29 is 22.9 Å². The maximum absolute atomic E-state index is 13.1. The molecule has 1 aliphatic heterocycles. The molecule has 1 N–H and O–H groups in total. The molecule has 10 nitrogen and oxygen atoms in total. The SMILES string of the molecule is O=C(N/N=C\c1ccccc1OCc1ccc([N+](=O)[O-])cc1)[C@H]1CCCN1S(=O)(=O)c1ccc(Cl)cc1. The van der Waals surface area contributed by atoms with E-state index in [1.165, 1.54) is 46.9 Å². The van der Waals surface area contributed by atoms with E-state index >= 15 is 0 Å². The van der Waals surface area contributed by atoms with Gasteiger partial charge in [0.1, 0.15) is 18.4 Å². The number of nitro benzene ring substituents is 1. The van der Waals surface area contributed by atoms with Gasteiger partial charge in [-0.1, -0.05) is 23.7 Å². The summed E-state index contributed by atoms with van der Waals surface area (Å²) in [7, 11) is -3.87. The van der Waals surface area contributed by atoms with Crippen molar-refractivity contribution in [3.05, 3.63) is 99.1 Å². The quantitative estimate of drug-likeness (QED) is 0.246. The van der Waals surface area contributed by atoms with Crippen LogP contribution in [0.4, 0.5) is 5.69 Å². The Hall–Kier alpha value is -3.80.